The van der Waals surface area contributed by atoms with Crippen molar-refractivity contribution in [1.29, 1.82) is 0 Å². The molecule has 2 aromatic carbocycles. The van der Waals surface area contributed by atoms with Crippen LogP contribution >= 0.6 is 0 Å². The molecule has 29 heavy (non-hydrogen) atoms. The Balaban J connectivity index is 1.49. The molecule has 0 aliphatic carbocycles. The van der Waals surface area contributed by atoms with E-state index in [1.165, 1.54) is 0 Å². The predicted molar refractivity (Wildman–Crippen MR) is 114 cm³/mol. The molecule has 0 spiro atoms. The van der Waals surface area contributed by atoms with E-state index in [0.29, 0.717) is 24.5 Å². The van der Waals surface area contributed by atoms with Crippen molar-refractivity contribution in [3.63, 3.8) is 0 Å². The number of para-hydroxylation sites is 1. The standard InChI is InChI=1S/C23H25N3O3/c1-28-20-8-5-6-17(14-20)12-13-24-23(27)19-10-11-22(26-16-19)25-15-18-7-3-4-9-21(18)29-2/h3-11,14,16H,12-13,15H2,1-2H3,(H,24,27)(H,25,26). The highest BCUT2D eigenvalue weighted by molar-refractivity contribution is 5.94. The topological polar surface area (TPSA) is 72.5 Å². The van der Waals surface area contributed by atoms with E-state index >= 15 is 0 Å². The second-order valence-corrected chi connectivity index (χ2v) is 6.45. The molecule has 6 heteroatoms. The van der Waals surface area contributed by atoms with Crippen LogP contribution in [0.15, 0.2) is 66.9 Å². The Morgan fingerprint density at radius 2 is 1.86 bits per heavy atom. The first-order chi connectivity index (χ1) is 14.2. The molecule has 2 N–H and O–H groups in total. The summed E-state index contributed by atoms with van der Waals surface area (Å²) < 4.78 is 10.6. The smallest absolute Gasteiger partial charge is 0.252 e. The van der Waals surface area contributed by atoms with Crippen molar-refractivity contribution >= 4 is 11.7 Å². The molecule has 0 atom stereocenters. The molecule has 0 unspecified atom stereocenters. The molecule has 6 nitrogen and oxygen atoms in total. The van der Waals surface area contributed by atoms with Crippen LogP contribution in [0.4, 0.5) is 5.82 Å². The number of rotatable bonds is 9. The van der Waals surface area contributed by atoms with E-state index in [9.17, 15) is 4.79 Å². The molecule has 3 aromatic rings. The first-order valence-corrected chi connectivity index (χ1v) is 9.42. The van der Waals surface area contributed by atoms with E-state index in [2.05, 4.69) is 15.6 Å². The van der Waals surface area contributed by atoms with E-state index in [1.54, 1.807) is 32.5 Å². The number of carbonyl (C=O) groups is 1. The van der Waals surface area contributed by atoms with Gasteiger partial charge in [-0.2, -0.15) is 0 Å². The summed E-state index contributed by atoms with van der Waals surface area (Å²) in [6.45, 7) is 1.13. The lowest BCUT2D eigenvalue weighted by molar-refractivity contribution is 0.0954. The van der Waals surface area contributed by atoms with Crippen molar-refractivity contribution in [3.8, 4) is 11.5 Å². The van der Waals surface area contributed by atoms with Gasteiger partial charge in [-0.3, -0.25) is 4.79 Å². The Morgan fingerprint density at radius 1 is 1.00 bits per heavy atom. The van der Waals surface area contributed by atoms with Gasteiger partial charge < -0.3 is 20.1 Å². The van der Waals surface area contributed by atoms with Crippen molar-refractivity contribution in [2.45, 2.75) is 13.0 Å². The van der Waals surface area contributed by atoms with Crippen molar-refractivity contribution in [3.05, 3.63) is 83.6 Å². The van der Waals surface area contributed by atoms with Gasteiger partial charge in [0.05, 0.1) is 19.8 Å². The molecule has 0 fully saturated rings. The number of aromatic nitrogens is 1. The average Bonchev–Trinajstić information content (AvgIpc) is 2.78. The minimum absolute atomic E-state index is 0.142. The molecule has 0 aliphatic heterocycles. The van der Waals surface area contributed by atoms with Crippen molar-refractivity contribution in [1.82, 2.24) is 10.3 Å². The van der Waals surface area contributed by atoms with Gasteiger partial charge in [-0.05, 0) is 42.3 Å². The number of hydrogen-bond donors (Lipinski definition) is 2. The van der Waals surface area contributed by atoms with Gasteiger partial charge in [-0.1, -0.05) is 30.3 Å². The molecule has 0 aliphatic rings. The minimum Gasteiger partial charge on any atom is -0.497 e. The van der Waals surface area contributed by atoms with Gasteiger partial charge in [-0.25, -0.2) is 4.98 Å². The number of nitrogens with one attached hydrogen (secondary N) is 2. The number of amides is 1. The lowest BCUT2D eigenvalue weighted by Gasteiger charge is -2.10. The van der Waals surface area contributed by atoms with Crippen LogP contribution in [0.5, 0.6) is 11.5 Å². The van der Waals surface area contributed by atoms with E-state index in [4.69, 9.17) is 9.47 Å². The second kappa shape index (κ2) is 10.1. The summed E-state index contributed by atoms with van der Waals surface area (Å²) in [4.78, 5) is 16.6. The lowest BCUT2D eigenvalue weighted by Crippen LogP contribution is -2.25. The first kappa shape index (κ1) is 20.2. The van der Waals surface area contributed by atoms with Crippen LogP contribution in [0.3, 0.4) is 0 Å². The lowest BCUT2D eigenvalue weighted by atomic mass is 10.1. The summed E-state index contributed by atoms with van der Waals surface area (Å²) >= 11 is 0. The summed E-state index contributed by atoms with van der Waals surface area (Å²) in [6.07, 6.45) is 2.31. The predicted octanol–water partition coefficient (Wildman–Crippen LogP) is 3.68. The van der Waals surface area contributed by atoms with Crippen LogP contribution in [-0.2, 0) is 13.0 Å². The van der Waals surface area contributed by atoms with Gasteiger partial charge in [0, 0.05) is 24.8 Å². The summed E-state index contributed by atoms with van der Waals surface area (Å²) in [6, 6.07) is 19.2. The Labute approximate surface area is 170 Å². The maximum absolute atomic E-state index is 12.3. The SMILES string of the molecule is COc1cccc(CCNC(=O)c2ccc(NCc3ccccc3OC)nc2)c1. The molecule has 0 saturated heterocycles. The highest BCUT2D eigenvalue weighted by Gasteiger charge is 2.07. The van der Waals surface area contributed by atoms with Crippen molar-refractivity contribution in [2.75, 3.05) is 26.1 Å². The highest BCUT2D eigenvalue weighted by atomic mass is 16.5. The first-order valence-electron chi connectivity index (χ1n) is 9.42. The second-order valence-electron chi connectivity index (χ2n) is 6.45. The Morgan fingerprint density at radius 3 is 2.62 bits per heavy atom. The quantitative estimate of drug-likeness (QED) is 0.582. The van der Waals surface area contributed by atoms with Gasteiger partial charge in [0.15, 0.2) is 0 Å². The minimum atomic E-state index is -0.142. The molecule has 1 amide bonds. The zero-order chi connectivity index (χ0) is 20.5. The molecule has 3 rings (SSSR count). The van der Waals surface area contributed by atoms with Gasteiger partial charge in [0.2, 0.25) is 0 Å². The van der Waals surface area contributed by atoms with Crippen LogP contribution in [0.1, 0.15) is 21.5 Å². The summed E-state index contributed by atoms with van der Waals surface area (Å²) in [5.41, 5.74) is 2.67. The number of pyridine rings is 1. The normalized spacial score (nSPS) is 10.3. The maximum atomic E-state index is 12.3. The molecule has 1 heterocycles. The fraction of sp³-hybridized carbons (Fsp3) is 0.217. The van der Waals surface area contributed by atoms with Gasteiger partial charge in [-0.15, -0.1) is 0 Å². The number of benzene rings is 2. The van der Waals surface area contributed by atoms with Crippen LogP contribution in [0.2, 0.25) is 0 Å². The van der Waals surface area contributed by atoms with Gasteiger partial charge in [0.1, 0.15) is 17.3 Å². The van der Waals surface area contributed by atoms with Crippen molar-refractivity contribution < 1.29 is 14.3 Å². The number of ether oxygens (including phenoxy) is 2. The van der Waals surface area contributed by atoms with Crippen molar-refractivity contribution in [2.24, 2.45) is 0 Å². The summed E-state index contributed by atoms with van der Waals surface area (Å²) in [7, 11) is 3.29. The zero-order valence-electron chi connectivity index (χ0n) is 16.6. The number of hydrogen-bond acceptors (Lipinski definition) is 5. The third-order valence-corrected chi connectivity index (χ3v) is 4.51. The Kier molecular flexibility index (Phi) is 7.05. The van der Waals surface area contributed by atoms with Crippen LogP contribution in [0, 0.1) is 0 Å². The Bertz CT molecular complexity index is 942. The summed E-state index contributed by atoms with van der Waals surface area (Å²) in [5, 5.41) is 6.16. The van der Waals surface area contributed by atoms with Crippen LogP contribution in [-0.4, -0.2) is 31.7 Å². The molecular weight excluding hydrogens is 366 g/mol. The molecule has 0 bridgehead atoms. The fourth-order valence-electron chi connectivity index (χ4n) is 2.92. The largest absolute Gasteiger partial charge is 0.497 e. The van der Waals surface area contributed by atoms with E-state index in [0.717, 1.165) is 29.0 Å². The number of nitrogens with zero attached hydrogens (tertiary/aromatic N) is 1. The van der Waals surface area contributed by atoms with Gasteiger partial charge in [0.25, 0.3) is 5.91 Å². The number of anilines is 1. The third kappa shape index (κ3) is 5.72. The number of carbonyl (C=O) groups excluding carboxylic acids is 1. The molecule has 1 aromatic heterocycles. The van der Waals surface area contributed by atoms with E-state index in [-0.39, 0.29) is 5.91 Å². The zero-order valence-corrected chi connectivity index (χ0v) is 16.6. The highest BCUT2D eigenvalue weighted by Crippen LogP contribution is 2.18. The average molecular weight is 391 g/mol. The monoisotopic (exact) mass is 391 g/mol. The molecule has 150 valence electrons. The molecular formula is C23H25N3O3. The summed E-state index contributed by atoms with van der Waals surface area (Å²) in [5.74, 6) is 2.20. The maximum Gasteiger partial charge on any atom is 0.252 e. The van der Waals surface area contributed by atoms with Crippen LogP contribution < -0.4 is 20.1 Å². The van der Waals surface area contributed by atoms with E-state index < -0.39 is 0 Å². The fourth-order valence-corrected chi connectivity index (χ4v) is 2.92. The van der Waals surface area contributed by atoms with Gasteiger partial charge >= 0.3 is 0 Å². The van der Waals surface area contributed by atoms with E-state index in [1.807, 2.05) is 48.5 Å². The molecule has 0 saturated carbocycles. The Hall–Kier alpha value is -3.54. The number of methoxy groups -OCH3 is 2. The third-order valence-electron chi connectivity index (χ3n) is 4.51. The van der Waals surface area contributed by atoms with Crippen LogP contribution in [0.25, 0.3) is 0 Å². The molecule has 0 radical (unpaired) electrons.